The van der Waals surface area contributed by atoms with Gasteiger partial charge in [-0.3, -0.25) is 0 Å². The summed E-state index contributed by atoms with van der Waals surface area (Å²) in [5.74, 6) is -1.02. The summed E-state index contributed by atoms with van der Waals surface area (Å²) in [6.07, 6.45) is 0. The van der Waals surface area contributed by atoms with E-state index >= 15 is 0 Å². The molecule has 0 bridgehead atoms. The zero-order valence-electron chi connectivity index (χ0n) is 10.1. The smallest absolute Gasteiger partial charge is 0.337 e. The summed E-state index contributed by atoms with van der Waals surface area (Å²) in [6.45, 7) is 0. The molecule has 0 saturated heterocycles. The second kappa shape index (κ2) is 4.17. The minimum Gasteiger partial charge on any atom is -0.478 e. The molecule has 4 N–H and O–H groups in total. The second-order valence-corrected chi connectivity index (χ2v) is 4.38. The number of hydrogen-bond acceptors (Lipinski definition) is 2. The molecule has 94 valence electrons. The van der Waals surface area contributed by atoms with Crippen LogP contribution >= 0.6 is 0 Å². The Morgan fingerprint density at radius 3 is 2.63 bits per heavy atom. The average Bonchev–Trinajstić information content (AvgIpc) is 2.82. The van der Waals surface area contributed by atoms with Crippen molar-refractivity contribution in [1.82, 2.24) is 4.98 Å². The van der Waals surface area contributed by atoms with E-state index in [2.05, 4.69) is 4.98 Å². The van der Waals surface area contributed by atoms with E-state index in [4.69, 9.17) is 10.8 Å². The number of H-pyrrole nitrogens is 1. The molecule has 0 saturated carbocycles. The molecular formula is C15H12N2O2. The Hall–Kier alpha value is -2.75. The van der Waals surface area contributed by atoms with Crippen molar-refractivity contribution < 1.29 is 9.90 Å². The zero-order valence-corrected chi connectivity index (χ0v) is 10.1. The van der Waals surface area contributed by atoms with Crippen molar-refractivity contribution >= 4 is 22.6 Å². The van der Waals surface area contributed by atoms with Gasteiger partial charge in [0.1, 0.15) is 0 Å². The topological polar surface area (TPSA) is 79.1 Å². The maximum absolute atomic E-state index is 11.1. The van der Waals surface area contributed by atoms with E-state index in [-0.39, 0.29) is 11.3 Å². The van der Waals surface area contributed by atoms with Crippen molar-refractivity contribution in [3.8, 4) is 11.3 Å². The first-order valence-corrected chi connectivity index (χ1v) is 5.86. The Labute approximate surface area is 109 Å². The Bertz CT molecular complexity index is 742. The van der Waals surface area contributed by atoms with Crippen LogP contribution in [-0.2, 0) is 0 Å². The number of carbonyl (C=O) groups is 1. The van der Waals surface area contributed by atoms with Gasteiger partial charge < -0.3 is 15.8 Å². The number of carboxylic acids is 1. The minimum absolute atomic E-state index is 0.121. The molecule has 3 aromatic rings. The van der Waals surface area contributed by atoms with Crippen LogP contribution in [-0.4, -0.2) is 16.1 Å². The van der Waals surface area contributed by atoms with Crippen molar-refractivity contribution in [3.05, 3.63) is 54.1 Å². The Kier molecular flexibility index (Phi) is 2.49. The lowest BCUT2D eigenvalue weighted by Crippen LogP contribution is -2.02. The van der Waals surface area contributed by atoms with Crippen LogP contribution in [0.2, 0.25) is 0 Å². The molecule has 0 aliphatic rings. The number of benzene rings is 2. The zero-order chi connectivity index (χ0) is 13.4. The number of anilines is 1. The number of nitrogens with two attached hydrogens (primary N) is 1. The van der Waals surface area contributed by atoms with Crippen molar-refractivity contribution in [2.24, 2.45) is 0 Å². The van der Waals surface area contributed by atoms with Crippen molar-refractivity contribution in [2.45, 2.75) is 0 Å². The summed E-state index contributed by atoms with van der Waals surface area (Å²) < 4.78 is 0. The fourth-order valence-corrected chi connectivity index (χ4v) is 2.14. The largest absolute Gasteiger partial charge is 0.478 e. The molecule has 4 heteroatoms. The first-order chi connectivity index (χ1) is 9.15. The van der Waals surface area contributed by atoms with Gasteiger partial charge in [-0.25, -0.2) is 4.79 Å². The Morgan fingerprint density at radius 2 is 1.89 bits per heavy atom. The third-order valence-corrected chi connectivity index (χ3v) is 3.12. The minimum atomic E-state index is -1.02. The molecule has 1 aromatic heterocycles. The van der Waals surface area contributed by atoms with Crippen LogP contribution in [0.15, 0.2) is 48.5 Å². The maximum atomic E-state index is 11.1. The van der Waals surface area contributed by atoms with Crippen LogP contribution in [0.4, 0.5) is 5.69 Å². The molecule has 0 spiro atoms. The lowest BCUT2D eigenvalue weighted by atomic mass is 10.1. The lowest BCUT2D eigenvalue weighted by molar-refractivity contribution is 0.0698. The number of aromatic amines is 1. The molecular weight excluding hydrogens is 240 g/mol. The van der Waals surface area contributed by atoms with E-state index in [1.165, 1.54) is 0 Å². The molecule has 0 aliphatic heterocycles. The monoisotopic (exact) mass is 252 g/mol. The molecule has 0 fully saturated rings. The Morgan fingerprint density at radius 1 is 1.11 bits per heavy atom. The van der Waals surface area contributed by atoms with Gasteiger partial charge in [-0.05, 0) is 29.8 Å². The molecule has 2 aromatic carbocycles. The molecule has 0 atom stereocenters. The normalized spacial score (nSPS) is 10.7. The summed E-state index contributed by atoms with van der Waals surface area (Å²) in [7, 11) is 0. The van der Waals surface area contributed by atoms with Crippen LogP contribution in [0, 0.1) is 0 Å². The van der Waals surface area contributed by atoms with Crippen molar-refractivity contribution in [1.29, 1.82) is 0 Å². The quantitative estimate of drug-likeness (QED) is 0.613. The van der Waals surface area contributed by atoms with Crippen LogP contribution < -0.4 is 5.73 Å². The average molecular weight is 252 g/mol. The second-order valence-electron chi connectivity index (χ2n) is 4.38. The highest BCUT2D eigenvalue weighted by Gasteiger charge is 2.10. The number of rotatable bonds is 2. The van der Waals surface area contributed by atoms with Gasteiger partial charge in [0.15, 0.2) is 0 Å². The van der Waals surface area contributed by atoms with E-state index in [1.54, 1.807) is 12.1 Å². The van der Waals surface area contributed by atoms with Gasteiger partial charge in [-0.15, -0.1) is 0 Å². The molecule has 0 unspecified atom stereocenters. The standard InChI is InChI=1S/C15H12N2O2/c16-12-6-5-10(7-11(12)15(18)19)14-8-9-3-1-2-4-13(9)17-14/h1-8,17H,16H2,(H,18,19). The summed E-state index contributed by atoms with van der Waals surface area (Å²) in [5.41, 5.74) is 8.75. The summed E-state index contributed by atoms with van der Waals surface area (Å²) >= 11 is 0. The number of para-hydroxylation sites is 1. The van der Waals surface area contributed by atoms with Crippen LogP contribution in [0.1, 0.15) is 10.4 Å². The lowest BCUT2D eigenvalue weighted by Gasteiger charge is -2.03. The van der Waals surface area contributed by atoms with Gasteiger partial charge in [-0.2, -0.15) is 0 Å². The van der Waals surface area contributed by atoms with E-state index in [0.717, 1.165) is 22.2 Å². The van der Waals surface area contributed by atoms with Gasteiger partial charge in [-0.1, -0.05) is 24.3 Å². The fraction of sp³-hybridized carbons (Fsp3) is 0. The first kappa shape index (κ1) is 11.3. The molecule has 0 radical (unpaired) electrons. The van der Waals surface area contributed by atoms with Crippen molar-refractivity contribution in [3.63, 3.8) is 0 Å². The van der Waals surface area contributed by atoms with E-state index in [0.29, 0.717) is 0 Å². The molecule has 0 amide bonds. The number of nitrogens with one attached hydrogen (secondary N) is 1. The molecule has 1 heterocycles. The van der Waals surface area contributed by atoms with Crippen molar-refractivity contribution in [2.75, 3.05) is 5.73 Å². The van der Waals surface area contributed by atoms with Gasteiger partial charge in [0.05, 0.1) is 5.56 Å². The number of aromatic nitrogens is 1. The van der Waals surface area contributed by atoms with E-state index < -0.39 is 5.97 Å². The molecule has 19 heavy (non-hydrogen) atoms. The SMILES string of the molecule is Nc1ccc(-c2cc3ccccc3[nH]2)cc1C(=O)O. The number of carboxylic acid groups (broad SMARTS) is 1. The molecule has 3 rings (SSSR count). The summed E-state index contributed by atoms with van der Waals surface area (Å²) in [4.78, 5) is 14.4. The van der Waals surface area contributed by atoms with E-state index in [9.17, 15) is 4.79 Å². The first-order valence-electron chi connectivity index (χ1n) is 5.86. The van der Waals surface area contributed by atoms with Gasteiger partial charge in [0.2, 0.25) is 0 Å². The van der Waals surface area contributed by atoms with Gasteiger partial charge in [0, 0.05) is 22.3 Å². The predicted octanol–water partition coefficient (Wildman–Crippen LogP) is 3.12. The number of aromatic carboxylic acids is 1. The third kappa shape index (κ3) is 1.93. The molecule has 0 aliphatic carbocycles. The molecule has 4 nitrogen and oxygen atoms in total. The highest BCUT2D eigenvalue weighted by Crippen LogP contribution is 2.26. The van der Waals surface area contributed by atoms with Gasteiger partial charge in [0.25, 0.3) is 0 Å². The summed E-state index contributed by atoms with van der Waals surface area (Å²) in [5, 5.41) is 10.2. The fourth-order valence-electron chi connectivity index (χ4n) is 2.14. The Balaban J connectivity index is 2.16. The number of nitrogen functional groups attached to an aromatic ring is 1. The van der Waals surface area contributed by atoms with E-state index in [1.807, 2.05) is 36.4 Å². The number of hydrogen-bond donors (Lipinski definition) is 3. The third-order valence-electron chi connectivity index (χ3n) is 3.12. The highest BCUT2D eigenvalue weighted by atomic mass is 16.4. The van der Waals surface area contributed by atoms with Gasteiger partial charge >= 0.3 is 5.97 Å². The van der Waals surface area contributed by atoms with Crippen LogP contribution in [0.5, 0.6) is 0 Å². The van der Waals surface area contributed by atoms with Crippen LogP contribution in [0.3, 0.4) is 0 Å². The predicted molar refractivity (Wildman–Crippen MR) is 75.1 cm³/mol. The highest BCUT2D eigenvalue weighted by molar-refractivity contribution is 5.96. The van der Waals surface area contributed by atoms with Crippen LogP contribution in [0.25, 0.3) is 22.2 Å². The maximum Gasteiger partial charge on any atom is 0.337 e. The summed E-state index contributed by atoms with van der Waals surface area (Å²) in [6, 6.07) is 14.9. The number of fused-ring (bicyclic) bond motifs is 1.